The van der Waals surface area contributed by atoms with Gasteiger partial charge >= 0.3 is 5.97 Å². The van der Waals surface area contributed by atoms with Crippen LogP contribution in [0.1, 0.15) is 32.3 Å². The molecule has 1 fully saturated rings. The number of ether oxygens (including phenoxy) is 4. The third-order valence-corrected chi connectivity index (χ3v) is 5.25. The summed E-state index contributed by atoms with van der Waals surface area (Å²) >= 11 is 3.47. The molecule has 1 heterocycles. The smallest absolute Gasteiger partial charge is 0.309 e. The molecule has 1 aromatic carbocycles. The summed E-state index contributed by atoms with van der Waals surface area (Å²) < 4.78 is 22.6. The molecule has 1 aliphatic heterocycles. The highest BCUT2D eigenvalue weighted by atomic mass is 79.9. The van der Waals surface area contributed by atoms with Gasteiger partial charge in [-0.15, -0.1) is 0 Å². The largest absolute Gasteiger partial charge is 0.492 e. The van der Waals surface area contributed by atoms with E-state index in [-0.39, 0.29) is 24.4 Å². The summed E-state index contributed by atoms with van der Waals surface area (Å²) in [5, 5.41) is 10.3. The second kappa shape index (κ2) is 11.0. The summed E-state index contributed by atoms with van der Waals surface area (Å²) in [5.41, 5.74) is 0.940. The van der Waals surface area contributed by atoms with Crippen LogP contribution in [0.3, 0.4) is 0 Å². The number of methoxy groups -OCH3 is 1. The average molecular weight is 445 g/mol. The van der Waals surface area contributed by atoms with Crippen molar-refractivity contribution < 1.29 is 28.8 Å². The molecule has 3 atom stereocenters. The Morgan fingerprint density at radius 1 is 1.33 bits per heavy atom. The molecule has 0 saturated carbocycles. The van der Waals surface area contributed by atoms with Crippen molar-refractivity contribution in [3.8, 4) is 5.75 Å². The molecule has 7 heteroatoms. The van der Waals surface area contributed by atoms with Gasteiger partial charge in [0.15, 0.2) is 0 Å². The maximum absolute atomic E-state index is 11.8. The van der Waals surface area contributed by atoms with E-state index in [1.807, 2.05) is 32.0 Å². The van der Waals surface area contributed by atoms with Gasteiger partial charge in [0.25, 0.3) is 0 Å². The number of cyclic esters (lactones) is 1. The molecule has 0 aromatic heterocycles. The Kier molecular flexibility index (Phi) is 9.02. The molecule has 6 nitrogen and oxygen atoms in total. The van der Waals surface area contributed by atoms with Crippen LogP contribution in [-0.4, -0.2) is 50.2 Å². The second-order valence-electron chi connectivity index (χ2n) is 7.10. The minimum atomic E-state index is -0.821. The van der Waals surface area contributed by atoms with Gasteiger partial charge in [-0.2, -0.15) is 0 Å². The molecule has 1 aromatic rings. The molecule has 2 rings (SSSR count). The highest BCUT2D eigenvalue weighted by Crippen LogP contribution is 2.30. The zero-order valence-corrected chi connectivity index (χ0v) is 17.7. The molecule has 0 spiro atoms. The van der Waals surface area contributed by atoms with Crippen molar-refractivity contribution in [2.75, 3.05) is 26.9 Å². The van der Waals surface area contributed by atoms with Crippen LogP contribution in [0, 0.1) is 11.8 Å². The van der Waals surface area contributed by atoms with Gasteiger partial charge in [-0.1, -0.05) is 19.9 Å². The van der Waals surface area contributed by atoms with Gasteiger partial charge in [0, 0.05) is 26.6 Å². The maximum Gasteiger partial charge on any atom is 0.309 e. The fourth-order valence-corrected chi connectivity index (χ4v) is 3.31. The topological polar surface area (TPSA) is 74.2 Å². The van der Waals surface area contributed by atoms with Gasteiger partial charge in [0.2, 0.25) is 0 Å². The first kappa shape index (κ1) is 22.1. The zero-order valence-electron chi connectivity index (χ0n) is 16.2. The van der Waals surface area contributed by atoms with Gasteiger partial charge in [-0.05, 0) is 39.5 Å². The van der Waals surface area contributed by atoms with E-state index in [9.17, 15) is 9.90 Å². The number of hydrogen-bond acceptors (Lipinski definition) is 6. The number of halogens is 1. The van der Waals surface area contributed by atoms with Crippen molar-refractivity contribution >= 4 is 21.9 Å². The molecule has 3 unspecified atom stereocenters. The molecule has 27 heavy (non-hydrogen) atoms. The number of aliphatic hydroxyl groups is 1. The molecule has 0 radical (unpaired) electrons. The van der Waals surface area contributed by atoms with E-state index in [4.69, 9.17) is 18.9 Å². The number of hydrogen-bond donors (Lipinski definition) is 1. The van der Waals surface area contributed by atoms with E-state index in [1.165, 1.54) is 0 Å². The molecular formula is C20H29BrO6. The number of carbonyl (C=O) groups is 1. The highest BCUT2D eigenvalue weighted by Gasteiger charge is 2.39. The van der Waals surface area contributed by atoms with Crippen molar-refractivity contribution in [1.29, 1.82) is 0 Å². The Morgan fingerprint density at radius 2 is 2.11 bits per heavy atom. The van der Waals surface area contributed by atoms with E-state index in [1.54, 1.807) is 7.11 Å². The molecule has 152 valence electrons. The van der Waals surface area contributed by atoms with Crippen molar-refractivity contribution in [1.82, 2.24) is 0 Å². The van der Waals surface area contributed by atoms with E-state index in [0.717, 1.165) is 22.2 Å². The lowest BCUT2D eigenvalue weighted by atomic mass is 9.91. The summed E-state index contributed by atoms with van der Waals surface area (Å²) in [4.78, 5) is 11.8. The summed E-state index contributed by atoms with van der Waals surface area (Å²) in [6.45, 7) is 5.65. The van der Waals surface area contributed by atoms with Gasteiger partial charge in [-0.25, -0.2) is 0 Å². The normalized spacial score (nSPS) is 20.7. The van der Waals surface area contributed by atoms with E-state index in [0.29, 0.717) is 26.2 Å². The van der Waals surface area contributed by atoms with Crippen LogP contribution in [0.2, 0.25) is 0 Å². The van der Waals surface area contributed by atoms with E-state index < -0.39 is 12.2 Å². The summed E-state index contributed by atoms with van der Waals surface area (Å²) in [6, 6.07) is 5.75. The predicted octanol–water partition coefficient (Wildman–Crippen LogP) is 3.33. The lowest BCUT2D eigenvalue weighted by Crippen LogP contribution is -2.30. The third-order valence-electron chi connectivity index (χ3n) is 4.59. The molecule has 0 amide bonds. The summed E-state index contributed by atoms with van der Waals surface area (Å²) in [7, 11) is 1.66. The lowest BCUT2D eigenvalue weighted by Gasteiger charge is -2.17. The third kappa shape index (κ3) is 6.75. The van der Waals surface area contributed by atoms with Crippen molar-refractivity contribution in [2.24, 2.45) is 11.8 Å². The van der Waals surface area contributed by atoms with Crippen molar-refractivity contribution in [2.45, 2.75) is 45.5 Å². The van der Waals surface area contributed by atoms with Gasteiger partial charge in [-0.3, -0.25) is 4.79 Å². The van der Waals surface area contributed by atoms with E-state index in [2.05, 4.69) is 15.9 Å². The van der Waals surface area contributed by atoms with Crippen LogP contribution in [0.5, 0.6) is 5.75 Å². The lowest BCUT2D eigenvalue weighted by molar-refractivity contribution is -0.150. The van der Waals surface area contributed by atoms with Gasteiger partial charge in [0.1, 0.15) is 18.0 Å². The monoisotopic (exact) mass is 444 g/mol. The number of aliphatic hydroxyl groups excluding tert-OH is 1. The Bertz CT molecular complexity index is 606. The predicted molar refractivity (Wildman–Crippen MR) is 105 cm³/mol. The zero-order chi connectivity index (χ0) is 19.8. The van der Waals surface area contributed by atoms with Gasteiger partial charge in [0.05, 0.1) is 30.2 Å². The number of rotatable bonds is 11. The van der Waals surface area contributed by atoms with Crippen LogP contribution >= 0.6 is 15.9 Å². The SMILES string of the molecule is COCCCOc1cc(COCC(O)C2CC(C(C)C)C(=O)O2)ccc1Br. The number of esters is 1. The number of carbonyl (C=O) groups excluding carboxylic acids is 1. The summed E-state index contributed by atoms with van der Waals surface area (Å²) in [5.74, 6) is 0.587. The Hall–Kier alpha value is -1.15. The van der Waals surface area contributed by atoms with Crippen LogP contribution in [0.4, 0.5) is 0 Å². The molecule has 1 N–H and O–H groups in total. The molecular weight excluding hydrogens is 416 g/mol. The van der Waals surface area contributed by atoms with Crippen molar-refractivity contribution in [3.05, 3.63) is 28.2 Å². The summed E-state index contributed by atoms with van der Waals surface area (Å²) in [6.07, 6.45) is 0.0407. The Balaban J connectivity index is 1.78. The Morgan fingerprint density at radius 3 is 2.78 bits per heavy atom. The standard InChI is InChI=1S/C20H29BrO6/c1-13(2)15-10-19(27-20(15)23)17(22)12-25-11-14-5-6-16(21)18(9-14)26-8-4-7-24-3/h5-6,9,13,15,17,19,22H,4,7-8,10-12H2,1-3H3. The molecule has 1 saturated heterocycles. The number of benzene rings is 1. The van der Waals surface area contributed by atoms with Crippen LogP contribution < -0.4 is 4.74 Å². The van der Waals surface area contributed by atoms with E-state index >= 15 is 0 Å². The highest BCUT2D eigenvalue weighted by molar-refractivity contribution is 9.10. The van der Waals surface area contributed by atoms with Gasteiger partial charge < -0.3 is 24.1 Å². The first-order chi connectivity index (χ1) is 12.9. The Labute approximate surface area is 169 Å². The fourth-order valence-electron chi connectivity index (χ4n) is 2.95. The molecule has 0 aliphatic carbocycles. The minimum absolute atomic E-state index is 0.114. The molecule has 0 bridgehead atoms. The second-order valence-corrected chi connectivity index (χ2v) is 7.96. The minimum Gasteiger partial charge on any atom is -0.492 e. The first-order valence-electron chi connectivity index (χ1n) is 9.28. The molecule has 1 aliphatic rings. The van der Waals surface area contributed by atoms with Crippen LogP contribution in [0.25, 0.3) is 0 Å². The average Bonchev–Trinajstić information content (AvgIpc) is 3.03. The first-order valence-corrected chi connectivity index (χ1v) is 10.1. The van der Waals surface area contributed by atoms with Crippen LogP contribution in [0.15, 0.2) is 22.7 Å². The quantitative estimate of drug-likeness (QED) is 0.416. The fraction of sp³-hybridized carbons (Fsp3) is 0.650. The van der Waals surface area contributed by atoms with Crippen molar-refractivity contribution in [3.63, 3.8) is 0 Å². The van der Waals surface area contributed by atoms with Crippen LogP contribution in [-0.2, 0) is 25.6 Å². The maximum atomic E-state index is 11.8.